The van der Waals surface area contributed by atoms with Crippen LogP contribution in [0.15, 0.2) is 23.4 Å². The lowest BCUT2D eigenvalue weighted by Gasteiger charge is -2.29. The zero-order valence-corrected chi connectivity index (χ0v) is 18.9. The van der Waals surface area contributed by atoms with E-state index in [4.69, 9.17) is 21.3 Å². The third-order valence-electron chi connectivity index (χ3n) is 6.65. The number of nitrogens with one attached hydrogen (secondary N) is 1. The Morgan fingerprint density at radius 3 is 2.90 bits per heavy atom. The molecular formula is C22H30ClN3O2S. The Morgan fingerprint density at radius 2 is 2.21 bits per heavy atom. The minimum absolute atomic E-state index is 0.0913. The number of hydrogen-bond acceptors (Lipinski definition) is 4. The van der Waals surface area contributed by atoms with Gasteiger partial charge in [0.15, 0.2) is 5.16 Å². The van der Waals surface area contributed by atoms with Crippen molar-refractivity contribution in [1.82, 2.24) is 14.9 Å². The first-order chi connectivity index (χ1) is 14.0. The van der Waals surface area contributed by atoms with Gasteiger partial charge < -0.3 is 14.6 Å². The Bertz CT molecular complexity index is 886. The maximum Gasteiger partial charge on any atom is 0.233 e. The Labute approximate surface area is 181 Å². The van der Waals surface area contributed by atoms with Gasteiger partial charge in [-0.1, -0.05) is 29.8 Å². The van der Waals surface area contributed by atoms with E-state index in [0.717, 1.165) is 28.0 Å². The molecule has 29 heavy (non-hydrogen) atoms. The molecule has 0 saturated heterocycles. The van der Waals surface area contributed by atoms with Gasteiger partial charge in [-0.2, -0.15) is 0 Å². The Kier molecular flexibility index (Phi) is 6.42. The number of methoxy groups -OCH3 is 1. The Hall–Kier alpha value is -1.24. The van der Waals surface area contributed by atoms with Crippen LogP contribution in [0.4, 0.5) is 0 Å². The van der Waals surface area contributed by atoms with Gasteiger partial charge in [0.2, 0.25) is 5.91 Å². The van der Waals surface area contributed by atoms with Gasteiger partial charge in [-0.3, -0.25) is 4.79 Å². The molecule has 1 aromatic carbocycles. The van der Waals surface area contributed by atoms with Gasteiger partial charge in [-0.15, -0.1) is 0 Å². The average molecular weight is 436 g/mol. The molecule has 1 amide bonds. The molecule has 1 aromatic heterocycles. The van der Waals surface area contributed by atoms with Crippen molar-refractivity contribution in [2.24, 2.45) is 17.8 Å². The predicted octanol–water partition coefficient (Wildman–Crippen LogP) is 4.76. The highest BCUT2D eigenvalue weighted by atomic mass is 35.5. The van der Waals surface area contributed by atoms with E-state index in [9.17, 15) is 4.79 Å². The third kappa shape index (κ3) is 4.44. The summed E-state index contributed by atoms with van der Waals surface area (Å²) < 4.78 is 7.38. The predicted molar refractivity (Wildman–Crippen MR) is 118 cm³/mol. The number of imidazole rings is 1. The third-order valence-corrected chi connectivity index (χ3v) is 7.98. The van der Waals surface area contributed by atoms with Gasteiger partial charge >= 0.3 is 0 Å². The number of benzene rings is 1. The van der Waals surface area contributed by atoms with Crippen molar-refractivity contribution < 1.29 is 9.53 Å². The molecule has 158 valence electrons. The molecule has 2 bridgehead atoms. The molecule has 2 aliphatic carbocycles. The number of ether oxygens (including phenoxy) is 1. The van der Waals surface area contributed by atoms with E-state index in [1.807, 2.05) is 25.1 Å². The Morgan fingerprint density at radius 1 is 1.38 bits per heavy atom. The van der Waals surface area contributed by atoms with E-state index < -0.39 is 0 Å². The van der Waals surface area contributed by atoms with Crippen LogP contribution in [0.5, 0.6) is 0 Å². The maximum atomic E-state index is 12.9. The zero-order chi connectivity index (χ0) is 20.5. The van der Waals surface area contributed by atoms with Crippen LogP contribution >= 0.6 is 23.4 Å². The van der Waals surface area contributed by atoms with Crippen LogP contribution in [0.1, 0.15) is 39.5 Å². The second-order valence-electron chi connectivity index (χ2n) is 8.57. The van der Waals surface area contributed by atoms with Crippen LogP contribution in [-0.2, 0) is 16.1 Å². The number of aromatic nitrogens is 2. The lowest BCUT2D eigenvalue weighted by Crippen LogP contribution is -2.43. The van der Waals surface area contributed by atoms with Gasteiger partial charge in [-0.25, -0.2) is 4.98 Å². The quantitative estimate of drug-likeness (QED) is 0.607. The summed E-state index contributed by atoms with van der Waals surface area (Å²) in [4.78, 5) is 17.6. The summed E-state index contributed by atoms with van der Waals surface area (Å²) in [5.74, 6) is 2.43. The monoisotopic (exact) mass is 435 g/mol. The summed E-state index contributed by atoms with van der Waals surface area (Å²) in [6.45, 7) is 5.41. The first-order valence-corrected chi connectivity index (χ1v) is 11.8. The van der Waals surface area contributed by atoms with Crippen molar-refractivity contribution in [3.63, 3.8) is 0 Å². The van der Waals surface area contributed by atoms with E-state index in [1.165, 1.54) is 37.4 Å². The fraction of sp³-hybridized carbons (Fsp3) is 0.636. The summed E-state index contributed by atoms with van der Waals surface area (Å²) >= 11 is 7.64. The van der Waals surface area contributed by atoms with Crippen LogP contribution in [0.2, 0.25) is 5.02 Å². The van der Waals surface area contributed by atoms with Crippen molar-refractivity contribution in [3.8, 4) is 0 Å². The molecule has 2 aliphatic rings. The first kappa shape index (κ1) is 21.0. The minimum atomic E-state index is -0.218. The molecular weight excluding hydrogens is 406 g/mol. The number of carbonyl (C=O) groups is 1. The summed E-state index contributed by atoms with van der Waals surface area (Å²) in [6, 6.07) is 5.96. The van der Waals surface area contributed by atoms with Crippen molar-refractivity contribution in [2.45, 2.75) is 62.5 Å². The van der Waals surface area contributed by atoms with Crippen LogP contribution in [0, 0.1) is 17.8 Å². The van der Waals surface area contributed by atoms with Crippen molar-refractivity contribution >= 4 is 40.3 Å². The van der Waals surface area contributed by atoms with E-state index >= 15 is 0 Å². The normalized spacial score (nSPS) is 25.4. The van der Waals surface area contributed by atoms with E-state index in [1.54, 1.807) is 7.11 Å². The first-order valence-electron chi connectivity index (χ1n) is 10.6. The summed E-state index contributed by atoms with van der Waals surface area (Å²) in [7, 11) is 1.69. The van der Waals surface area contributed by atoms with Gasteiger partial charge in [0, 0.05) is 24.7 Å². The maximum absolute atomic E-state index is 12.9. The number of hydrogen-bond donors (Lipinski definition) is 1. The summed E-state index contributed by atoms with van der Waals surface area (Å²) in [5, 5.41) is 4.56. The molecule has 1 heterocycles. The molecule has 5 unspecified atom stereocenters. The van der Waals surface area contributed by atoms with Crippen molar-refractivity contribution in [3.05, 3.63) is 23.2 Å². The molecule has 1 N–H and O–H groups in total. The largest absolute Gasteiger partial charge is 0.383 e. The fourth-order valence-corrected chi connectivity index (χ4v) is 6.26. The number of nitrogens with zero attached hydrogens (tertiary/aromatic N) is 2. The number of rotatable bonds is 8. The Balaban J connectivity index is 1.44. The highest BCUT2D eigenvalue weighted by Gasteiger charge is 2.42. The van der Waals surface area contributed by atoms with Gasteiger partial charge in [0.05, 0.1) is 22.9 Å². The molecule has 2 fully saturated rings. The smallest absolute Gasteiger partial charge is 0.233 e. The second kappa shape index (κ2) is 8.86. The molecule has 4 rings (SSSR count). The standard InChI is InChI=1S/C22H30ClN3O2S/c1-13(18-11-15-4-5-16(18)10-15)24-21(27)14(2)29-22-25-19-12-17(23)6-7-20(19)26(22)8-9-28-3/h6-7,12-16,18H,4-5,8-11H2,1-3H3,(H,24,27). The molecule has 0 radical (unpaired) electrons. The molecule has 0 aliphatic heterocycles. The number of thioether (sulfide) groups is 1. The topological polar surface area (TPSA) is 56.1 Å². The summed E-state index contributed by atoms with van der Waals surface area (Å²) in [6.07, 6.45) is 5.37. The molecule has 2 aromatic rings. The highest BCUT2D eigenvalue weighted by Crippen LogP contribution is 2.49. The van der Waals surface area contributed by atoms with Crippen molar-refractivity contribution in [2.75, 3.05) is 13.7 Å². The SMILES string of the molecule is COCCn1c(SC(C)C(=O)NC(C)C2CC3CCC2C3)nc2cc(Cl)ccc21. The molecule has 0 spiro atoms. The molecule has 5 atom stereocenters. The lowest BCUT2D eigenvalue weighted by molar-refractivity contribution is -0.121. The lowest BCUT2D eigenvalue weighted by atomic mass is 9.84. The van der Waals surface area contributed by atoms with Gasteiger partial charge in [0.25, 0.3) is 0 Å². The van der Waals surface area contributed by atoms with Crippen LogP contribution in [0.25, 0.3) is 11.0 Å². The van der Waals surface area contributed by atoms with Crippen LogP contribution in [-0.4, -0.2) is 40.5 Å². The second-order valence-corrected chi connectivity index (χ2v) is 10.3. The molecule has 7 heteroatoms. The van der Waals surface area contributed by atoms with E-state index in [0.29, 0.717) is 24.1 Å². The number of carbonyl (C=O) groups excluding carboxylic acids is 1. The zero-order valence-electron chi connectivity index (χ0n) is 17.4. The van der Waals surface area contributed by atoms with E-state index in [2.05, 4.69) is 16.8 Å². The minimum Gasteiger partial charge on any atom is -0.383 e. The van der Waals surface area contributed by atoms with Gasteiger partial charge in [-0.05, 0) is 69.1 Å². The molecule has 2 saturated carbocycles. The average Bonchev–Trinajstić information content (AvgIpc) is 3.40. The number of amides is 1. The number of fused-ring (bicyclic) bond motifs is 3. The van der Waals surface area contributed by atoms with Crippen LogP contribution < -0.4 is 5.32 Å². The van der Waals surface area contributed by atoms with Crippen molar-refractivity contribution in [1.29, 1.82) is 0 Å². The number of halogens is 1. The summed E-state index contributed by atoms with van der Waals surface area (Å²) in [5.41, 5.74) is 1.86. The highest BCUT2D eigenvalue weighted by molar-refractivity contribution is 8.00. The van der Waals surface area contributed by atoms with Crippen LogP contribution in [0.3, 0.4) is 0 Å². The van der Waals surface area contributed by atoms with Gasteiger partial charge in [0.1, 0.15) is 0 Å². The van der Waals surface area contributed by atoms with E-state index in [-0.39, 0.29) is 17.2 Å². The molecule has 5 nitrogen and oxygen atoms in total. The fourth-order valence-electron chi connectivity index (χ4n) is 5.14.